The number of carbonyl (C=O) groups is 1. The highest BCUT2D eigenvalue weighted by Crippen LogP contribution is 2.18. The van der Waals surface area contributed by atoms with Gasteiger partial charge in [0.1, 0.15) is 0 Å². The molecule has 0 aromatic carbocycles. The summed E-state index contributed by atoms with van der Waals surface area (Å²) in [4.78, 5) is 15.0. The molecule has 1 aromatic heterocycles. The van der Waals surface area contributed by atoms with Crippen LogP contribution in [0.2, 0.25) is 0 Å². The molecule has 0 atom stereocenters. The van der Waals surface area contributed by atoms with E-state index in [0.29, 0.717) is 6.42 Å². The molecular weight excluding hydrogens is 170 g/mol. The van der Waals surface area contributed by atoms with Crippen molar-refractivity contribution in [1.82, 2.24) is 10.1 Å². The average Bonchev–Trinajstić information content (AvgIpc) is 2.34. The maximum absolute atomic E-state index is 11.3. The van der Waals surface area contributed by atoms with E-state index in [1.807, 2.05) is 20.8 Å². The van der Waals surface area contributed by atoms with Gasteiger partial charge in [-0.2, -0.15) is 4.98 Å². The van der Waals surface area contributed by atoms with E-state index in [2.05, 4.69) is 20.0 Å². The molecule has 0 bridgehead atoms. The second kappa shape index (κ2) is 3.55. The first-order valence-corrected chi connectivity index (χ1v) is 4.03. The van der Waals surface area contributed by atoms with Gasteiger partial charge in [0.05, 0.1) is 0 Å². The summed E-state index contributed by atoms with van der Waals surface area (Å²) in [6.45, 7) is 5.97. The molecule has 0 saturated carbocycles. The van der Waals surface area contributed by atoms with Crippen LogP contribution in [-0.2, 0) is 4.79 Å². The Labute approximate surface area is 76.5 Å². The Morgan fingerprint density at radius 3 is 2.77 bits per heavy atom. The number of carbonyl (C=O) groups excluding carboxylic acids is 1. The summed E-state index contributed by atoms with van der Waals surface area (Å²) in [5.41, 5.74) is -0.0339. The van der Waals surface area contributed by atoms with Crippen molar-refractivity contribution < 1.29 is 9.32 Å². The molecule has 1 heterocycles. The number of hydrogen-bond donors (Lipinski definition) is 1. The van der Waals surface area contributed by atoms with Crippen LogP contribution in [0.25, 0.3) is 0 Å². The molecule has 0 fully saturated rings. The van der Waals surface area contributed by atoms with Gasteiger partial charge in [0, 0.05) is 6.42 Å². The van der Waals surface area contributed by atoms with Crippen LogP contribution in [0.5, 0.6) is 0 Å². The van der Waals surface area contributed by atoms with Crippen molar-refractivity contribution in [3.05, 3.63) is 6.39 Å². The molecule has 0 spiro atoms. The zero-order valence-electron chi connectivity index (χ0n) is 8.00. The molecule has 5 nitrogen and oxygen atoms in total. The first-order valence-electron chi connectivity index (χ1n) is 4.03. The van der Waals surface area contributed by atoms with Gasteiger partial charge in [-0.05, 0) is 10.6 Å². The van der Waals surface area contributed by atoms with Crippen molar-refractivity contribution in [2.45, 2.75) is 27.2 Å². The molecule has 1 aromatic rings. The van der Waals surface area contributed by atoms with E-state index < -0.39 is 0 Å². The molecule has 72 valence electrons. The molecule has 0 aliphatic heterocycles. The Kier molecular flexibility index (Phi) is 2.65. The minimum Gasteiger partial charge on any atom is -0.341 e. The summed E-state index contributed by atoms with van der Waals surface area (Å²) in [5.74, 6) is 0.114. The van der Waals surface area contributed by atoms with Crippen molar-refractivity contribution in [1.29, 1.82) is 0 Å². The zero-order chi connectivity index (χ0) is 9.90. The fraction of sp³-hybridized carbons (Fsp3) is 0.625. The van der Waals surface area contributed by atoms with E-state index in [1.165, 1.54) is 6.39 Å². The van der Waals surface area contributed by atoms with Gasteiger partial charge in [-0.25, -0.2) is 0 Å². The van der Waals surface area contributed by atoms with Crippen molar-refractivity contribution in [3.63, 3.8) is 0 Å². The third-order valence-corrected chi connectivity index (χ3v) is 1.30. The number of hydrogen-bond acceptors (Lipinski definition) is 4. The SMILES string of the molecule is CC(C)(C)CC(=O)Nc1ncon1. The van der Waals surface area contributed by atoms with Crippen molar-refractivity contribution in [2.75, 3.05) is 5.32 Å². The van der Waals surface area contributed by atoms with Gasteiger partial charge in [-0.15, -0.1) is 0 Å². The van der Waals surface area contributed by atoms with Crippen LogP contribution in [0.15, 0.2) is 10.9 Å². The monoisotopic (exact) mass is 183 g/mol. The molecule has 0 unspecified atom stereocenters. The number of rotatable bonds is 2. The van der Waals surface area contributed by atoms with E-state index in [9.17, 15) is 4.79 Å². The summed E-state index contributed by atoms with van der Waals surface area (Å²) in [5, 5.41) is 5.99. The van der Waals surface area contributed by atoms with Crippen molar-refractivity contribution in [3.8, 4) is 0 Å². The quantitative estimate of drug-likeness (QED) is 0.753. The lowest BCUT2D eigenvalue weighted by atomic mass is 9.92. The van der Waals surface area contributed by atoms with E-state index >= 15 is 0 Å². The van der Waals surface area contributed by atoms with Crippen LogP contribution in [0.1, 0.15) is 27.2 Å². The lowest BCUT2D eigenvalue weighted by Crippen LogP contribution is -2.20. The predicted molar refractivity (Wildman–Crippen MR) is 47.0 cm³/mol. The van der Waals surface area contributed by atoms with Gasteiger partial charge in [0.2, 0.25) is 12.3 Å². The van der Waals surface area contributed by atoms with Gasteiger partial charge < -0.3 is 4.52 Å². The molecule has 0 aliphatic rings. The number of aromatic nitrogens is 2. The highest BCUT2D eigenvalue weighted by atomic mass is 16.5. The Morgan fingerprint density at radius 1 is 1.62 bits per heavy atom. The maximum Gasteiger partial charge on any atom is 0.269 e. The molecule has 1 rings (SSSR count). The van der Waals surface area contributed by atoms with Crippen molar-refractivity contribution >= 4 is 11.9 Å². The number of amides is 1. The minimum absolute atomic E-state index is 0.0339. The fourth-order valence-corrected chi connectivity index (χ4v) is 0.876. The first-order chi connectivity index (χ1) is 5.97. The van der Waals surface area contributed by atoms with Crippen molar-refractivity contribution in [2.24, 2.45) is 5.41 Å². The van der Waals surface area contributed by atoms with E-state index in [1.54, 1.807) is 0 Å². The Balaban J connectivity index is 2.43. The number of nitrogens with one attached hydrogen (secondary N) is 1. The largest absolute Gasteiger partial charge is 0.341 e. The zero-order valence-corrected chi connectivity index (χ0v) is 8.00. The van der Waals surface area contributed by atoms with E-state index in [4.69, 9.17) is 0 Å². The highest BCUT2D eigenvalue weighted by molar-refractivity contribution is 5.89. The van der Waals surface area contributed by atoms with Crippen LogP contribution < -0.4 is 5.32 Å². The highest BCUT2D eigenvalue weighted by Gasteiger charge is 2.16. The van der Waals surface area contributed by atoms with Gasteiger partial charge >= 0.3 is 0 Å². The summed E-state index contributed by atoms with van der Waals surface area (Å²) < 4.78 is 4.47. The third kappa shape index (κ3) is 3.68. The molecule has 0 aliphatic carbocycles. The standard InChI is InChI=1S/C8H13N3O2/c1-8(2,3)4-6(12)10-7-9-5-13-11-7/h5H,4H2,1-3H3,(H,10,11,12). The van der Waals surface area contributed by atoms with Crippen LogP contribution in [0.4, 0.5) is 5.95 Å². The lowest BCUT2D eigenvalue weighted by Gasteiger charge is -2.15. The number of anilines is 1. The molecule has 0 radical (unpaired) electrons. The maximum atomic E-state index is 11.3. The smallest absolute Gasteiger partial charge is 0.269 e. The molecule has 1 amide bonds. The van der Waals surface area contributed by atoms with Gasteiger partial charge in [-0.1, -0.05) is 20.8 Å². The topological polar surface area (TPSA) is 68.0 Å². The molecular formula is C8H13N3O2. The number of nitrogens with zero attached hydrogens (tertiary/aromatic N) is 2. The predicted octanol–water partition coefficient (Wildman–Crippen LogP) is 1.44. The van der Waals surface area contributed by atoms with Crippen LogP contribution in [-0.4, -0.2) is 16.0 Å². The van der Waals surface area contributed by atoms with Gasteiger partial charge in [-0.3, -0.25) is 10.1 Å². The van der Waals surface area contributed by atoms with Gasteiger partial charge in [0.15, 0.2) is 0 Å². The summed E-state index contributed by atoms with van der Waals surface area (Å²) >= 11 is 0. The van der Waals surface area contributed by atoms with Crippen LogP contribution in [0, 0.1) is 5.41 Å². The molecule has 0 saturated heterocycles. The normalized spacial score (nSPS) is 11.3. The summed E-state index contributed by atoms with van der Waals surface area (Å²) in [6, 6.07) is 0. The molecule has 13 heavy (non-hydrogen) atoms. The Morgan fingerprint density at radius 2 is 2.31 bits per heavy atom. The third-order valence-electron chi connectivity index (χ3n) is 1.30. The minimum atomic E-state index is -0.103. The second-order valence-electron chi connectivity index (χ2n) is 4.04. The van der Waals surface area contributed by atoms with Crippen LogP contribution in [0.3, 0.4) is 0 Å². The van der Waals surface area contributed by atoms with Gasteiger partial charge in [0.25, 0.3) is 5.95 Å². The Hall–Kier alpha value is -1.39. The lowest BCUT2D eigenvalue weighted by molar-refractivity contribution is -0.117. The average molecular weight is 183 g/mol. The fourth-order valence-electron chi connectivity index (χ4n) is 0.876. The molecule has 5 heteroatoms. The van der Waals surface area contributed by atoms with E-state index in [0.717, 1.165) is 0 Å². The van der Waals surface area contributed by atoms with Crippen LogP contribution >= 0.6 is 0 Å². The summed E-state index contributed by atoms with van der Waals surface area (Å²) in [6.07, 6.45) is 1.61. The second-order valence-corrected chi connectivity index (χ2v) is 4.04. The Bertz CT molecular complexity index is 274. The summed E-state index contributed by atoms with van der Waals surface area (Å²) in [7, 11) is 0. The first kappa shape index (κ1) is 9.70. The van der Waals surface area contributed by atoms with E-state index in [-0.39, 0.29) is 17.3 Å². The molecule has 1 N–H and O–H groups in total.